The van der Waals surface area contributed by atoms with Crippen LogP contribution in [0, 0.1) is 0 Å². The number of nitrogens with two attached hydrogens (primary N) is 1. The van der Waals surface area contributed by atoms with Gasteiger partial charge >= 0.3 is 5.63 Å². The second-order valence-corrected chi connectivity index (χ2v) is 9.19. The standard InChI is InChI=1S/C22H30N2O4/c1-6-14-9-20(26)28-18-10-16(7-8-17(14)18)27-13-19(25)23-15-11-21(2,3)24-22(4,5)12-15/h7-10,15,24H,6,11-13H2,1-5H3,(H,23,25)/p+1. The molecule has 6 heteroatoms. The zero-order valence-corrected chi connectivity index (χ0v) is 17.4. The van der Waals surface area contributed by atoms with Crippen molar-refractivity contribution >= 4 is 16.9 Å². The largest absolute Gasteiger partial charge is 0.484 e. The fourth-order valence-corrected chi connectivity index (χ4v) is 4.63. The summed E-state index contributed by atoms with van der Waals surface area (Å²) >= 11 is 0. The first-order valence-electron chi connectivity index (χ1n) is 9.93. The van der Waals surface area contributed by atoms with Crippen molar-refractivity contribution in [3.63, 3.8) is 0 Å². The van der Waals surface area contributed by atoms with Crippen LogP contribution in [0.4, 0.5) is 0 Å². The molecular formula is C22H31N2O4+. The minimum atomic E-state index is -0.376. The monoisotopic (exact) mass is 387 g/mol. The Balaban J connectivity index is 1.64. The van der Waals surface area contributed by atoms with Gasteiger partial charge in [0.15, 0.2) is 6.61 Å². The average molecular weight is 388 g/mol. The Labute approximate surface area is 165 Å². The minimum Gasteiger partial charge on any atom is -0.484 e. The first-order chi connectivity index (χ1) is 13.1. The van der Waals surface area contributed by atoms with Crippen LogP contribution in [0.25, 0.3) is 11.0 Å². The Kier molecular flexibility index (Phi) is 5.53. The molecule has 2 aromatic rings. The summed E-state index contributed by atoms with van der Waals surface area (Å²) < 4.78 is 10.9. The highest BCUT2D eigenvalue weighted by atomic mass is 16.5. The van der Waals surface area contributed by atoms with Gasteiger partial charge in [-0.15, -0.1) is 0 Å². The lowest BCUT2D eigenvalue weighted by Crippen LogP contribution is -3.06. The summed E-state index contributed by atoms with van der Waals surface area (Å²) in [5.41, 5.74) is 1.22. The van der Waals surface area contributed by atoms with Crippen LogP contribution >= 0.6 is 0 Å². The molecular weight excluding hydrogens is 356 g/mol. The molecule has 0 radical (unpaired) electrons. The number of carbonyl (C=O) groups is 1. The number of carbonyl (C=O) groups excluding carboxylic acids is 1. The van der Waals surface area contributed by atoms with Crippen molar-refractivity contribution in [3.05, 3.63) is 40.2 Å². The zero-order chi connectivity index (χ0) is 20.5. The second-order valence-electron chi connectivity index (χ2n) is 9.19. The van der Waals surface area contributed by atoms with Gasteiger partial charge in [-0.3, -0.25) is 4.79 Å². The van der Waals surface area contributed by atoms with E-state index in [0.29, 0.717) is 11.3 Å². The topological polar surface area (TPSA) is 85.1 Å². The molecule has 1 aromatic heterocycles. The molecule has 3 rings (SSSR count). The van der Waals surface area contributed by atoms with Gasteiger partial charge < -0.3 is 19.8 Å². The fourth-order valence-electron chi connectivity index (χ4n) is 4.63. The first kappa shape index (κ1) is 20.4. The van der Waals surface area contributed by atoms with Crippen LogP contribution in [0.15, 0.2) is 33.5 Å². The first-order valence-corrected chi connectivity index (χ1v) is 9.93. The predicted molar refractivity (Wildman–Crippen MR) is 109 cm³/mol. The molecule has 1 aromatic carbocycles. The Hall–Kier alpha value is -2.34. The van der Waals surface area contributed by atoms with E-state index in [4.69, 9.17) is 9.15 Å². The maximum absolute atomic E-state index is 12.4. The normalized spacial score (nSPS) is 18.8. The summed E-state index contributed by atoms with van der Waals surface area (Å²) in [5.74, 6) is 0.374. The van der Waals surface area contributed by atoms with Crippen molar-refractivity contribution in [2.24, 2.45) is 0 Å². The Morgan fingerprint density at radius 2 is 1.89 bits per heavy atom. The molecule has 1 aliphatic rings. The highest BCUT2D eigenvalue weighted by Gasteiger charge is 2.42. The molecule has 152 valence electrons. The molecule has 6 nitrogen and oxygen atoms in total. The zero-order valence-electron chi connectivity index (χ0n) is 17.4. The minimum absolute atomic E-state index is 0.0652. The van der Waals surface area contributed by atoms with Gasteiger partial charge in [0.2, 0.25) is 0 Å². The molecule has 0 atom stereocenters. The summed E-state index contributed by atoms with van der Waals surface area (Å²) in [6.45, 7) is 10.8. The molecule has 0 unspecified atom stereocenters. The molecule has 0 aliphatic carbocycles. The molecule has 0 saturated carbocycles. The van der Waals surface area contributed by atoms with Gasteiger partial charge in [0.1, 0.15) is 11.3 Å². The number of quaternary nitrogens is 1. The van der Waals surface area contributed by atoms with Crippen LogP contribution < -0.4 is 21.0 Å². The number of nitrogens with one attached hydrogen (secondary N) is 1. The maximum Gasteiger partial charge on any atom is 0.336 e. The molecule has 28 heavy (non-hydrogen) atoms. The highest BCUT2D eigenvalue weighted by Crippen LogP contribution is 2.24. The van der Waals surface area contributed by atoms with Crippen LogP contribution in [0.5, 0.6) is 5.75 Å². The lowest BCUT2D eigenvalue weighted by molar-refractivity contribution is -0.787. The number of hydrogen-bond acceptors (Lipinski definition) is 4. The predicted octanol–water partition coefficient (Wildman–Crippen LogP) is 2.13. The molecule has 1 amide bonds. The summed E-state index contributed by atoms with van der Waals surface area (Å²) in [6.07, 6.45) is 2.59. The number of hydrogen-bond donors (Lipinski definition) is 2. The van der Waals surface area contributed by atoms with E-state index in [1.165, 1.54) is 6.07 Å². The van der Waals surface area contributed by atoms with Crippen LogP contribution in [0.1, 0.15) is 53.0 Å². The van der Waals surface area contributed by atoms with E-state index in [1.807, 2.05) is 13.0 Å². The van der Waals surface area contributed by atoms with Crippen molar-refractivity contribution < 1.29 is 19.3 Å². The molecule has 2 heterocycles. The summed E-state index contributed by atoms with van der Waals surface area (Å²) in [5, 5.41) is 6.38. The third-order valence-corrected chi connectivity index (χ3v) is 5.24. The molecule has 3 N–H and O–H groups in total. The van der Waals surface area contributed by atoms with E-state index >= 15 is 0 Å². The van der Waals surface area contributed by atoms with Gasteiger partial charge in [-0.1, -0.05) is 6.92 Å². The summed E-state index contributed by atoms with van der Waals surface area (Å²) in [7, 11) is 0. The Bertz CT molecular complexity index is 914. The highest BCUT2D eigenvalue weighted by molar-refractivity contribution is 5.82. The van der Waals surface area contributed by atoms with Gasteiger partial charge in [0.25, 0.3) is 5.91 Å². The number of ether oxygens (including phenoxy) is 1. The van der Waals surface area contributed by atoms with Gasteiger partial charge in [-0.25, -0.2) is 4.79 Å². The lowest BCUT2D eigenvalue weighted by atomic mass is 9.79. The molecule has 1 fully saturated rings. The van der Waals surface area contributed by atoms with Crippen LogP contribution in [-0.2, 0) is 11.2 Å². The van der Waals surface area contributed by atoms with Crippen molar-refractivity contribution in [1.29, 1.82) is 0 Å². The van der Waals surface area contributed by atoms with Crippen molar-refractivity contribution in [2.45, 2.75) is 71.0 Å². The summed E-state index contributed by atoms with van der Waals surface area (Å²) in [4.78, 5) is 24.1. The second kappa shape index (κ2) is 7.59. The molecule has 1 saturated heterocycles. The molecule has 0 bridgehead atoms. The van der Waals surface area contributed by atoms with Crippen LogP contribution in [-0.4, -0.2) is 29.6 Å². The third kappa shape index (κ3) is 4.93. The maximum atomic E-state index is 12.4. The lowest BCUT2D eigenvalue weighted by Gasteiger charge is -2.43. The van der Waals surface area contributed by atoms with E-state index < -0.39 is 0 Å². The smallest absolute Gasteiger partial charge is 0.336 e. The van der Waals surface area contributed by atoms with E-state index in [0.717, 1.165) is 30.2 Å². The quantitative estimate of drug-likeness (QED) is 0.770. The van der Waals surface area contributed by atoms with Crippen LogP contribution in [0.3, 0.4) is 0 Å². The van der Waals surface area contributed by atoms with Gasteiger partial charge in [0.05, 0.1) is 11.1 Å². The van der Waals surface area contributed by atoms with E-state index in [9.17, 15) is 9.59 Å². The van der Waals surface area contributed by atoms with E-state index in [1.54, 1.807) is 12.1 Å². The van der Waals surface area contributed by atoms with Gasteiger partial charge in [-0.05, 0) is 51.8 Å². The van der Waals surface area contributed by atoms with E-state index in [2.05, 4.69) is 38.3 Å². The fraction of sp³-hybridized carbons (Fsp3) is 0.545. The Morgan fingerprint density at radius 3 is 2.54 bits per heavy atom. The number of rotatable bonds is 5. The number of benzene rings is 1. The van der Waals surface area contributed by atoms with Gasteiger partial charge in [0, 0.05) is 36.4 Å². The average Bonchev–Trinajstić information content (AvgIpc) is 2.55. The third-order valence-electron chi connectivity index (χ3n) is 5.24. The SMILES string of the molecule is CCc1cc(=O)oc2cc(OCC(=O)NC3CC(C)(C)[NH2+]C(C)(C)C3)ccc12. The molecule has 1 aliphatic heterocycles. The number of amides is 1. The van der Waals surface area contributed by atoms with E-state index in [-0.39, 0.29) is 35.3 Å². The van der Waals surface area contributed by atoms with Crippen LogP contribution in [0.2, 0.25) is 0 Å². The number of piperidine rings is 1. The van der Waals surface area contributed by atoms with Crippen molar-refractivity contribution in [2.75, 3.05) is 6.61 Å². The number of aryl methyl sites for hydroxylation is 1. The van der Waals surface area contributed by atoms with Gasteiger partial charge in [-0.2, -0.15) is 0 Å². The van der Waals surface area contributed by atoms with Crippen molar-refractivity contribution in [3.8, 4) is 5.75 Å². The molecule has 0 spiro atoms. The Morgan fingerprint density at radius 1 is 1.21 bits per heavy atom. The van der Waals surface area contributed by atoms with Crippen molar-refractivity contribution in [1.82, 2.24) is 5.32 Å². The number of fused-ring (bicyclic) bond motifs is 1. The summed E-state index contributed by atoms with van der Waals surface area (Å²) in [6, 6.07) is 6.99.